The Morgan fingerprint density at radius 2 is 2.22 bits per heavy atom. The maximum absolute atomic E-state index is 9.13. The average Bonchev–Trinajstić information content (AvgIpc) is 2.70. The molecule has 1 aromatic heterocycles. The summed E-state index contributed by atoms with van der Waals surface area (Å²) < 4.78 is 2.79. The highest BCUT2D eigenvalue weighted by molar-refractivity contribution is 9.10. The predicted molar refractivity (Wildman–Crippen MR) is 70.4 cm³/mol. The van der Waals surface area contributed by atoms with Crippen LogP contribution >= 0.6 is 15.9 Å². The molecule has 0 aliphatic heterocycles. The van der Waals surface area contributed by atoms with E-state index in [9.17, 15) is 0 Å². The van der Waals surface area contributed by atoms with Crippen molar-refractivity contribution in [2.75, 3.05) is 0 Å². The van der Waals surface area contributed by atoms with Crippen molar-refractivity contribution in [2.45, 2.75) is 25.2 Å². The highest BCUT2D eigenvalue weighted by Crippen LogP contribution is 2.38. The van der Waals surface area contributed by atoms with Crippen LogP contribution in [0.5, 0.6) is 0 Å². The zero-order valence-electron chi connectivity index (χ0n) is 9.67. The molecule has 1 aliphatic carbocycles. The van der Waals surface area contributed by atoms with Gasteiger partial charge in [-0.15, -0.1) is 5.10 Å². The summed E-state index contributed by atoms with van der Waals surface area (Å²) in [5, 5.41) is 17.2. The normalized spacial score (nSPS) is 15.1. The second-order valence-corrected chi connectivity index (χ2v) is 5.37. The van der Waals surface area contributed by atoms with Gasteiger partial charge in [-0.3, -0.25) is 0 Å². The van der Waals surface area contributed by atoms with Gasteiger partial charge in [-0.2, -0.15) is 5.26 Å². The Hall–Kier alpha value is -1.67. The van der Waals surface area contributed by atoms with Gasteiger partial charge in [0.1, 0.15) is 6.07 Å². The molecule has 0 bridgehead atoms. The maximum atomic E-state index is 9.13. The first-order chi connectivity index (χ1) is 8.79. The van der Waals surface area contributed by atoms with Gasteiger partial charge in [0.05, 0.1) is 11.4 Å². The van der Waals surface area contributed by atoms with Crippen molar-refractivity contribution in [2.24, 2.45) is 0 Å². The fourth-order valence-electron chi connectivity index (χ4n) is 2.22. The van der Waals surface area contributed by atoms with Gasteiger partial charge in [-0.05, 0) is 31.0 Å². The molecule has 1 aliphatic rings. The lowest BCUT2D eigenvalue weighted by molar-refractivity contribution is 0.402. The van der Waals surface area contributed by atoms with E-state index in [-0.39, 0.29) is 0 Å². The topological polar surface area (TPSA) is 54.5 Å². The Bertz CT molecular complexity index is 622. The van der Waals surface area contributed by atoms with E-state index in [0.717, 1.165) is 28.7 Å². The van der Waals surface area contributed by atoms with Crippen LogP contribution in [0.15, 0.2) is 28.7 Å². The molecule has 1 heterocycles. The fourth-order valence-corrected chi connectivity index (χ4v) is 2.60. The third-order valence-electron chi connectivity index (χ3n) is 3.36. The second-order valence-electron chi connectivity index (χ2n) is 4.45. The number of halogens is 1. The van der Waals surface area contributed by atoms with Crippen LogP contribution in [-0.2, 0) is 0 Å². The Balaban J connectivity index is 2.12. The van der Waals surface area contributed by atoms with Gasteiger partial charge in [0.15, 0.2) is 5.69 Å². The van der Waals surface area contributed by atoms with Gasteiger partial charge >= 0.3 is 0 Å². The number of benzene rings is 1. The molecule has 0 amide bonds. The van der Waals surface area contributed by atoms with Crippen LogP contribution < -0.4 is 0 Å². The van der Waals surface area contributed by atoms with Crippen LogP contribution in [-0.4, -0.2) is 15.0 Å². The highest BCUT2D eigenvalue weighted by Gasteiger charge is 2.28. The summed E-state index contributed by atoms with van der Waals surface area (Å²) in [6.07, 6.45) is 3.46. The Kier molecular flexibility index (Phi) is 2.88. The summed E-state index contributed by atoms with van der Waals surface area (Å²) >= 11 is 3.45. The van der Waals surface area contributed by atoms with E-state index < -0.39 is 0 Å². The van der Waals surface area contributed by atoms with Crippen molar-refractivity contribution in [3.05, 3.63) is 40.1 Å². The first kappa shape index (κ1) is 11.4. The lowest BCUT2D eigenvalue weighted by Crippen LogP contribution is -2.15. The molecule has 0 atom stereocenters. The number of aromatic nitrogens is 3. The zero-order valence-corrected chi connectivity index (χ0v) is 11.3. The van der Waals surface area contributed by atoms with Crippen LogP contribution in [0.1, 0.15) is 36.6 Å². The molecule has 2 aromatic rings. The summed E-state index contributed by atoms with van der Waals surface area (Å²) in [6, 6.07) is 10.0. The number of rotatable bonds is 2. The molecule has 0 unspecified atom stereocenters. The first-order valence-electron chi connectivity index (χ1n) is 5.91. The van der Waals surface area contributed by atoms with Crippen molar-refractivity contribution < 1.29 is 0 Å². The van der Waals surface area contributed by atoms with Crippen LogP contribution in [0.3, 0.4) is 0 Å². The van der Waals surface area contributed by atoms with Gasteiger partial charge in [-0.1, -0.05) is 33.6 Å². The predicted octanol–water partition coefficient (Wildman–Crippen LogP) is 3.17. The van der Waals surface area contributed by atoms with Crippen LogP contribution in [0.4, 0.5) is 0 Å². The van der Waals surface area contributed by atoms with Crippen LogP contribution in [0.2, 0.25) is 0 Å². The minimum absolute atomic E-state index is 0.425. The second kappa shape index (κ2) is 4.54. The van der Waals surface area contributed by atoms with Gasteiger partial charge in [-0.25, -0.2) is 4.68 Å². The standard InChI is InChI=1S/C13H11BrN4/c14-10-5-2-6-11(7-10)18-13(9-3-1-4-9)12(8-15)16-17-18/h2,5-7,9H,1,3-4H2. The lowest BCUT2D eigenvalue weighted by Gasteiger charge is -2.25. The summed E-state index contributed by atoms with van der Waals surface area (Å²) in [7, 11) is 0. The van der Waals surface area contributed by atoms with E-state index in [0.29, 0.717) is 11.6 Å². The molecular weight excluding hydrogens is 292 g/mol. The molecule has 0 N–H and O–H groups in total. The summed E-state index contributed by atoms with van der Waals surface area (Å²) in [5.74, 6) is 0.425. The van der Waals surface area contributed by atoms with Crippen molar-refractivity contribution in [3.8, 4) is 11.8 Å². The minimum atomic E-state index is 0.425. The van der Waals surface area contributed by atoms with Gasteiger partial charge < -0.3 is 0 Å². The Morgan fingerprint density at radius 1 is 1.39 bits per heavy atom. The molecule has 18 heavy (non-hydrogen) atoms. The van der Waals surface area contributed by atoms with Crippen LogP contribution in [0.25, 0.3) is 5.69 Å². The fraction of sp³-hybridized carbons (Fsp3) is 0.308. The maximum Gasteiger partial charge on any atom is 0.186 e. The van der Waals surface area contributed by atoms with Gasteiger partial charge in [0.2, 0.25) is 0 Å². The van der Waals surface area contributed by atoms with E-state index in [1.54, 1.807) is 4.68 Å². The first-order valence-corrected chi connectivity index (χ1v) is 6.70. The Morgan fingerprint density at radius 3 is 2.83 bits per heavy atom. The average molecular weight is 303 g/mol. The SMILES string of the molecule is N#Cc1nnn(-c2cccc(Br)c2)c1C1CCC1. The molecule has 0 radical (unpaired) electrons. The van der Waals surface area contributed by atoms with E-state index in [1.165, 1.54) is 6.42 Å². The number of hydrogen-bond donors (Lipinski definition) is 0. The molecule has 0 spiro atoms. The van der Waals surface area contributed by atoms with Crippen molar-refractivity contribution in [3.63, 3.8) is 0 Å². The molecule has 90 valence electrons. The number of nitriles is 1. The largest absolute Gasteiger partial charge is 0.216 e. The zero-order chi connectivity index (χ0) is 12.5. The summed E-state index contributed by atoms with van der Waals surface area (Å²) in [4.78, 5) is 0. The van der Waals surface area contributed by atoms with E-state index in [4.69, 9.17) is 5.26 Å². The van der Waals surface area contributed by atoms with E-state index in [2.05, 4.69) is 32.3 Å². The number of hydrogen-bond acceptors (Lipinski definition) is 3. The lowest BCUT2D eigenvalue weighted by atomic mass is 9.82. The van der Waals surface area contributed by atoms with Crippen molar-refractivity contribution in [1.29, 1.82) is 5.26 Å². The van der Waals surface area contributed by atoms with E-state index >= 15 is 0 Å². The van der Waals surface area contributed by atoms with E-state index in [1.807, 2.05) is 24.3 Å². The molecule has 0 saturated heterocycles. The monoisotopic (exact) mass is 302 g/mol. The van der Waals surface area contributed by atoms with Gasteiger partial charge in [0, 0.05) is 10.4 Å². The summed E-state index contributed by atoms with van der Waals surface area (Å²) in [6.45, 7) is 0. The number of nitrogens with zero attached hydrogens (tertiary/aromatic N) is 4. The Labute approximate surface area is 113 Å². The third kappa shape index (κ3) is 1.83. The molecule has 1 fully saturated rings. The molecule has 1 aromatic carbocycles. The molecule has 1 saturated carbocycles. The third-order valence-corrected chi connectivity index (χ3v) is 3.85. The smallest absolute Gasteiger partial charge is 0.186 e. The van der Waals surface area contributed by atoms with Crippen molar-refractivity contribution >= 4 is 15.9 Å². The highest BCUT2D eigenvalue weighted by atomic mass is 79.9. The quantitative estimate of drug-likeness (QED) is 0.856. The van der Waals surface area contributed by atoms with Crippen molar-refractivity contribution in [1.82, 2.24) is 15.0 Å². The molecule has 3 rings (SSSR count). The molecule has 4 nitrogen and oxygen atoms in total. The van der Waals surface area contributed by atoms with Crippen LogP contribution in [0, 0.1) is 11.3 Å². The molecular formula is C13H11BrN4. The van der Waals surface area contributed by atoms with Gasteiger partial charge in [0.25, 0.3) is 0 Å². The minimum Gasteiger partial charge on any atom is -0.216 e. The molecule has 5 heteroatoms. The summed E-state index contributed by atoms with van der Waals surface area (Å²) in [5.41, 5.74) is 2.36.